The summed E-state index contributed by atoms with van der Waals surface area (Å²) in [5.41, 5.74) is 3.31. The Morgan fingerprint density at radius 3 is 2.39 bits per heavy atom. The molecule has 33 heavy (non-hydrogen) atoms. The molecule has 1 spiro atoms. The number of likely N-dealkylation sites (tertiary alicyclic amines) is 1. The minimum atomic E-state index is -0.439. The van der Waals surface area contributed by atoms with Crippen molar-refractivity contribution in [1.29, 1.82) is 0 Å². The van der Waals surface area contributed by atoms with E-state index in [-0.39, 0.29) is 25.0 Å². The molecule has 0 aromatic heterocycles. The number of morpholine rings is 1. The Kier molecular flexibility index (Phi) is 5.94. The summed E-state index contributed by atoms with van der Waals surface area (Å²) in [4.78, 5) is 29.3. The van der Waals surface area contributed by atoms with E-state index in [0.29, 0.717) is 13.1 Å². The summed E-state index contributed by atoms with van der Waals surface area (Å²) in [5, 5.41) is 3.08. The number of amides is 2. The summed E-state index contributed by atoms with van der Waals surface area (Å²) in [6.07, 6.45) is 0.789. The number of carbonyl (C=O) groups excluding carboxylic acids is 2. The molecule has 0 radical (unpaired) electrons. The average Bonchev–Trinajstić information content (AvgIpc) is 3.24. The quantitative estimate of drug-likeness (QED) is 0.654. The van der Waals surface area contributed by atoms with Crippen LogP contribution < -0.4 is 10.2 Å². The summed E-state index contributed by atoms with van der Waals surface area (Å²) in [6, 6.07) is 27.6. The van der Waals surface area contributed by atoms with E-state index in [2.05, 4.69) is 10.2 Å². The van der Waals surface area contributed by atoms with Gasteiger partial charge in [0, 0.05) is 30.0 Å². The fraction of sp³-hybridized carbons (Fsp3) is 0.259. The van der Waals surface area contributed by atoms with Crippen LogP contribution >= 0.6 is 0 Å². The van der Waals surface area contributed by atoms with Crippen LogP contribution in [0.1, 0.15) is 6.42 Å². The van der Waals surface area contributed by atoms with Crippen molar-refractivity contribution in [2.75, 3.05) is 43.0 Å². The third-order valence-corrected chi connectivity index (χ3v) is 6.37. The zero-order chi connectivity index (χ0) is 22.7. The third-order valence-electron chi connectivity index (χ3n) is 6.37. The van der Waals surface area contributed by atoms with Crippen LogP contribution in [-0.2, 0) is 14.3 Å². The number of benzene rings is 3. The van der Waals surface area contributed by atoms with Crippen molar-refractivity contribution in [3.63, 3.8) is 0 Å². The number of ether oxygens (including phenoxy) is 1. The van der Waals surface area contributed by atoms with Gasteiger partial charge in [-0.3, -0.25) is 14.5 Å². The van der Waals surface area contributed by atoms with Gasteiger partial charge in [0.25, 0.3) is 5.91 Å². The van der Waals surface area contributed by atoms with Gasteiger partial charge in [0.2, 0.25) is 5.91 Å². The molecule has 0 unspecified atom stereocenters. The van der Waals surface area contributed by atoms with Crippen LogP contribution in [0.3, 0.4) is 0 Å². The summed E-state index contributed by atoms with van der Waals surface area (Å²) < 4.78 is 6.03. The van der Waals surface area contributed by atoms with Gasteiger partial charge in [0.15, 0.2) is 0 Å². The van der Waals surface area contributed by atoms with Crippen molar-refractivity contribution in [2.45, 2.75) is 12.0 Å². The van der Waals surface area contributed by atoms with E-state index in [0.717, 1.165) is 35.5 Å². The van der Waals surface area contributed by atoms with Crippen LogP contribution in [-0.4, -0.2) is 55.1 Å². The molecule has 0 saturated carbocycles. The Bertz CT molecular complexity index is 1140. The highest BCUT2D eigenvalue weighted by atomic mass is 16.5. The summed E-state index contributed by atoms with van der Waals surface area (Å²) in [6.45, 7) is 2.24. The standard InChI is InChI=1S/C27H27N3O3/c31-25(28-24-14-8-7-13-23(24)21-9-3-1-4-10-21)17-29-16-15-27(19-29)20-30(26(32)18-33-27)22-11-5-2-6-12-22/h1-14H,15-20H2,(H,28,31)/t27-/m1/s1. The molecule has 1 atom stereocenters. The van der Waals surface area contributed by atoms with Crippen molar-refractivity contribution in [3.05, 3.63) is 84.9 Å². The minimum absolute atomic E-state index is 0.0273. The van der Waals surface area contributed by atoms with Gasteiger partial charge in [0.05, 0.1) is 13.1 Å². The maximum atomic E-state index is 12.9. The Morgan fingerprint density at radius 2 is 1.61 bits per heavy atom. The lowest BCUT2D eigenvalue weighted by Crippen LogP contribution is -2.56. The lowest BCUT2D eigenvalue weighted by molar-refractivity contribution is -0.137. The van der Waals surface area contributed by atoms with E-state index in [1.807, 2.05) is 89.8 Å². The Balaban J connectivity index is 1.23. The molecule has 2 aliphatic heterocycles. The zero-order valence-corrected chi connectivity index (χ0v) is 18.4. The Hall–Kier alpha value is -3.48. The molecule has 0 aliphatic carbocycles. The van der Waals surface area contributed by atoms with E-state index in [1.165, 1.54) is 0 Å². The number of anilines is 2. The number of carbonyl (C=O) groups is 2. The maximum Gasteiger partial charge on any atom is 0.253 e. The largest absolute Gasteiger partial charge is 0.362 e. The summed E-state index contributed by atoms with van der Waals surface area (Å²) in [7, 11) is 0. The van der Waals surface area contributed by atoms with Crippen LogP contribution in [0, 0.1) is 0 Å². The van der Waals surface area contributed by atoms with Gasteiger partial charge in [-0.05, 0) is 30.2 Å². The Labute approximate surface area is 193 Å². The van der Waals surface area contributed by atoms with E-state index in [4.69, 9.17) is 4.74 Å². The van der Waals surface area contributed by atoms with Crippen molar-refractivity contribution >= 4 is 23.2 Å². The fourth-order valence-corrected chi connectivity index (χ4v) is 4.72. The lowest BCUT2D eigenvalue weighted by Gasteiger charge is -2.40. The molecule has 1 N–H and O–H groups in total. The van der Waals surface area contributed by atoms with Crippen molar-refractivity contribution in [3.8, 4) is 11.1 Å². The predicted octanol–water partition coefficient (Wildman–Crippen LogP) is 3.80. The van der Waals surface area contributed by atoms with Crippen LogP contribution in [0.5, 0.6) is 0 Å². The third kappa shape index (κ3) is 4.67. The summed E-state index contributed by atoms with van der Waals surface area (Å²) >= 11 is 0. The fourth-order valence-electron chi connectivity index (χ4n) is 4.72. The van der Waals surface area contributed by atoms with Gasteiger partial charge >= 0.3 is 0 Å². The second-order valence-corrected chi connectivity index (χ2v) is 8.71. The normalized spacial score (nSPS) is 20.8. The van der Waals surface area contributed by atoms with Crippen LogP contribution in [0.25, 0.3) is 11.1 Å². The number of nitrogens with zero attached hydrogens (tertiary/aromatic N) is 2. The second kappa shape index (κ2) is 9.17. The monoisotopic (exact) mass is 441 g/mol. The number of nitrogens with one attached hydrogen (secondary N) is 1. The molecular formula is C27H27N3O3. The molecule has 2 fully saturated rings. The van der Waals surface area contributed by atoms with Gasteiger partial charge in [-0.25, -0.2) is 0 Å². The molecule has 5 rings (SSSR count). The highest BCUT2D eigenvalue weighted by Crippen LogP contribution is 2.32. The molecular weight excluding hydrogens is 414 g/mol. The molecule has 168 valence electrons. The van der Waals surface area contributed by atoms with Crippen LogP contribution in [0.15, 0.2) is 84.9 Å². The van der Waals surface area contributed by atoms with E-state index < -0.39 is 5.60 Å². The minimum Gasteiger partial charge on any atom is -0.362 e. The second-order valence-electron chi connectivity index (χ2n) is 8.71. The van der Waals surface area contributed by atoms with Crippen molar-refractivity contribution < 1.29 is 14.3 Å². The maximum absolute atomic E-state index is 12.9. The molecule has 2 aliphatic rings. The van der Waals surface area contributed by atoms with E-state index >= 15 is 0 Å². The first kappa shape index (κ1) is 21.4. The van der Waals surface area contributed by atoms with Crippen molar-refractivity contribution in [2.24, 2.45) is 0 Å². The van der Waals surface area contributed by atoms with Gasteiger partial charge in [-0.1, -0.05) is 66.7 Å². The first-order chi connectivity index (χ1) is 16.1. The molecule has 6 nitrogen and oxygen atoms in total. The Morgan fingerprint density at radius 1 is 0.909 bits per heavy atom. The molecule has 0 bridgehead atoms. The molecule has 2 heterocycles. The molecule has 3 aromatic rings. The molecule has 3 aromatic carbocycles. The first-order valence-corrected chi connectivity index (χ1v) is 11.3. The van der Waals surface area contributed by atoms with Gasteiger partial charge in [0.1, 0.15) is 12.2 Å². The van der Waals surface area contributed by atoms with Crippen LogP contribution in [0.4, 0.5) is 11.4 Å². The van der Waals surface area contributed by atoms with Gasteiger partial charge in [-0.2, -0.15) is 0 Å². The first-order valence-electron chi connectivity index (χ1n) is 11.3. The average molecular weight is 442 g/mol. The van der Waals surface area contributed by atoms with E-state index in [1.54, 1.807) is 0 Å². The topological polar surface area (TPSA) is 61.9 Å². The molecule has 2 saturated heterocycles. The number of para-hydroxylation sites is 2. The number of hydrogen-bond donors (Lipinski definition) is 1. The van der Waals surface area contributed by atoms with Gasteiger partial charge < -0.3 is 15.0 Å². The molecule has 2 amide bonds. The zero-order valence-electron chi connectivity index (χ0n) is 18.4. The number of hydrogen-bond acceptors (Lipinski definition) is 4. The van der Waals surface area contributed by atoms with Crippen molar-refractivity contribution in [1.82, 2.24) is 4.90 Å². The highest BCUT2D eigenvalue weighted by molar-refractivity contribution is 5.97. The highest BCUT2D eigenvalue weighted by Gasteiger charge is 2.45. The number of rotatable bonds is 5. The van der Waals surface area contributed by atoms with Crippen LogP contribution in [0.2, 0.25) is 0 Å². The predicted molar refractivity (Wildman–Crippen MR) is 129 cm³/mol. The lowest BCUT2D eigenvalue weighted by atomic mass is 10.00. The smallest absolute Gasteiger partial charge is 0.253 e. The molecule has 6 heteroatoms. The summed E-state index contributed by atoms with van der Waals surface area (Å²) in [5.74, 6) is -0.0808. The SMILES string of the molecule is O=C(CN1CC[C@@]2(C1)CN(c1ccccc1)C(=O)CO2)Nc1ccccc1-c1ccccc1. The van der Waals surface area contributed by atoms with Gasteiger partial charge in [-0.15, -0.1) is 0 Å². The van der Waals surface area contributed by atoms with E-state index in [9.17, 15) is 9.59 Å².